The smallest absolute Gasteiger partial charge is 0.335 e. The summed E-state index contributed by atoms with van der Waals surface area (Å²) in [6, 6.07) is 15.4. The van der Waals surface area contributed by atoms with Crippen molar-refractivity contribution in [1.82, 2.24) is 9.47 Å². The maximum atomic E-state index is 11.2. The van der Waals surface area contributed by atoms with Crippen LogP contribution >= 0.6 is 0 Å². The number of carboxylic acids is 1. The van der Waals surface area contributed by atoms with Gasteiger partial charge in [0.2, 0.25) is 0 Å². The van der Waals surface area contributed by atoms with E-state index in [0.29, 0.717) is 18.7 Å². The molecule has 6 nitrogen and oxygen atoms in total. The molecule has 1 N–H and O–H groups in total. The number of fused-ring (bicyclic) bond motifs is 1. The number of benzene rings is 2. The van der Waals surface area contributed by atoms with E-state index >= 15 is 0 Å². The zero-order valence-electron chi connectivity index (χ0n) is 15.7. The number of rotatable bonds is 7. The maximum absolute atomic E-state index is 11.2. The van der Waals surface area contributed by atoms with E-state index in [-0.39, 0.29) is 0 Å². The van der Waals surface area contributed by atoms with Crippen molar-refractivity contribution in [2.45, 2.75) is 13.1 Å². The summed E-state index contributed by atoms with van der Waals surface area (Å²) in [5, 5.41) is 10.2. The average molecular weight is 380 g/mol. The third kappa shape index (κ3) is 4.35. The van der Waals surface area contributed by atoms with Gasteiger partial charge in [-0.05, 0) is 41.3 Å². The van der Waals surface area contributed by atoms with Crippen LogP contribution in [0.2, 0.25) is 0 Å². The van der Waals surface area contributed by atoms with Gasteiger partial charge >= 0.3 is 5.97 Å². The highest BCUT2D eigenvalue weighted by Crippen LogP contribution is 2.19. The van der Waals surface area contributed by atoms with Crippen LogP contribution in [0.15, 0.2) is 54.7 Å². The Morgan fingerprint density at radius 1 is 1.07 bits per heavy atom. The Morgan fingerprint density at radius 2 is 1.86 bits per heavy atom. The predicted molar refractivity (Wildman–Crippen MR) is 107 cm³/mol. The minimum atomic E-state index is -0.914. The Hall–Kier alpha value is -2.83. The van der Waals surface area contributed by atoms with E-state index in [2.05, 4.69) is 17.0 Å². The van der Waals surface area contributed by atoms with Crippen molar-refractivity contribution in [3.8, 4) is 5.75 Å². The molecule has 0 aliphatic carbocycles. The molecule has 1 fully saturated rings. The predicted octanol–water partition coefficient (Wildman–Crippen LogP) is 3.25. The number of hydrogen-bond donors (Lipinski definition) is 1. The summed E-state index contributed by atoms with van der Waals surface area (Å²) in [7, 11) is 0. The molecule has 4 rings (SSSR count). The third-order valence-electron chi connectivity index (χ3n) is 5.06. The average Bonchev–Trinajstić information content (AvgIpc) is 3.12. The second kappa shape index (κ2) is 8.46. The third-order valence-corrected chi connectivity index (χ3v) is 5.06. The van der Waals surface area contributed by atoms with Gasteiger partial charge < -0.3 is 19.1 Å². The molecule has 28 heavy (non-hydrogen) atoms. The number of aromatic nitrogens is 1. The number of ether oxygens (including phenoxy) is 2. The molecule has 2 heterocycles. The van der Waals surface area contributed by atoms with Crippen LogP contribution in [0.25, 0.3) is 10.9 Å². The Labute approximate surface area is 163 Å². The van der Waals surface area contributed by atoms with E-state index in [1.807, 2.05) is 35.0 Å². The molecule has 0 amide bonds. The van der Waals surface area contributed by atoms with Crippen molar-refractivity contribution in [3.05, 3.63) is 65.9 Å². The fourth-order valence-electron chi connectivity index (χ4n) is 3.48. The van der Waals surface area contributed by atoms with Crippen LogP contribution in [-0.4, -0.2) is 53.5 Å². The lowest BCUT2D eigenvalue weighted by atomic mass is 10.2. The highest BCUT2D eigenvalue weighted by Gasteiger charge is 2.11. The summed E-state index contributed by atoms with van der Waals surface area (Å²) >= 11 is 0. The summed E-state index contributed by atoms with van der Waals surface area (Å²) in [6.07, 6.45) is 1.96. The van der Waals surface area contributed by atoms with E-state index < -0.39 is 5.97 Å². The standard InChI is InChI=1S/C22H24N2O4/c25-22(26)19-4-3-18-7-8-24(21(18)15-19)11-14-28-20-5-1-17(2-6-20)16-23-9-12-27-13-10-23/h1-8,15H,9-14,16H2,(H,25,26). The summed E-state index contributed by atoms with van der Waals surface area (Å²) in [5.74, 6) is -0.0727. The van der Waals surface area contributed by atoms with E-state index in [4.69, 9.17) is 9.47 Å². The van der Waals surface area contributed by atoms with Crippen LogP contribution in [0, 0.1) is 0 Å². The molecule has 1 aliphatic rings. The monoisotopic (exact) mass is 380 g/mol. The first-order valence-electron chi connectivity index (χ1n) is 9.53. The van der Waals surface area contributed by atoms with Gasteiger partial charge in [-0.25, -0.2) is 4.79 Å². The van der Waals surface area contributed by atoms with E-state index in [9.17, 15) is 9.90 Å². The second-order valence-corrected chi connectivity index (χ2v) is 6.97. The number of carboxylic acid groups (broad SMARTS) is 1. The maximum Gasteiger partial charge on any atom is 0.335 e. The molecule has 1 aliphatic heterocycles. The van der Waals surface area contributed by atoms with Gasteiger partial charge in [-0.3, -0.25) is 4.90 Å². The topological polar surface area (TPSA) is 63.9 Å². The number of aromatic carboxylic acids is 1. The Balaban J connectivity index is 1.33. The van der Waals surface area contributed by atoms with E-state index in [1.165, 1.54) is 5.56 Å². The van der Waals surface area contributed by atoms with Gasteiger partial charge in [-0.1, -0.05) is 18.2 Å². The summed E-state index contributed by atoms with van der Waals surface area (Å²) in [6.45, 7) is 5.68. The molecule has 2 aromatic carbocycles. The number of hydrogen-bond acceptors (Lipinski definition) is 4. The molecular weight excluding hydrogens is 356 g/mol. The minimum absolute atomic E-state index is 0.296. The first kappa shape index (κ1) is 18.5. The molecule has 0 radical (unpaired) electrons. The fourth-order valence-corrected chi connectivity index (χ4v) is 3.48. The number of carbonyl (C=O) groups is 1. The van der Waals surface area contributed by atoms with Crippen LogP contribution in [0.3, 0.4) is 0 Å². The Bertz CT molecular complexity index is 943. The Morgan fingerprint density at radius 3 is 2.61 bits per heavy atom. The molecule has 6 heteroatoms. The first-order chi connectivity index (χ1) is 13.7. The van der Waals surface area contributed by atoms with E-state index in [1.54, 1.807) is 12.1 Å². The zero-order valence-corrected chi connectivity index (χ0v) is 15.7. The molecule has 0 unspecified atom stereocenters. The lowest BCUT2D eigenvalue weighted by molar-refractivity contribution is 0.0342. The van der Waals surface area contributed by atoms with Gasteiger partial charge in [-0.2, -0.15) is 0 Å². The second-order valence-electron chi connectivity index (χ2n) is 6.97. The van der Waals surface area contributed by atoms with Crippen molar-refractivity contribution in [2.75, 3.05) is 32.9 Å². The van der Waals surface area contributed by atoms with Crippen molar-refractivity contribution in [1.29, 1.82) is 0 Å². The van der Waals surface area contributed by atoms with Gasteiger partial charge in [0.05, 0.1) is 25.3 Å². The lowest BCUT2D eigenvalue weighted by Gasteiger charge is -2.26. The van der Waals surface area contributed by atoms with Gasteiger partial charge in [0.1, 0.15) is 12.4 Å². The molecule has 1 aromatic heterocycles. The molecule has 0 bridgehead atoms. The number of nitrogens with zero attached hydrogens (tertiary/aromatic N) is 2. The van der Waals surface area contributed by atoms with Crippen LogP contribution in [-0.2, 0) is 17.8 Å². The molecule has 146 valence electrons. The highest BCUT2D eigenvalue weighted by atomic mass is 16.5. The molecule has 0 spiro atoms. The molecule has 0 saturated carbocycles. The van der Waals surface area contributed by atoms with Crippen molar-refractivity contribution in [3.63, 3.8) is 0 Å². The quantitative estimate of drug-likeness (QED) is 0.682. The fraction of sp³-hybridized carbons (Fsp3) is 0.318. The van der Waals surface area contributed by atoms with Crippen LogP contribution in [0.5, 0.6) is 5.75 Å². The van der Waals surface area contributed by atoms with Crippen molar-refractivity contribution in [2.24, 2.45) is 0 Å². The van der Waals surface area contributed by atoms with Gasteiger partial charge in [0.15, 0.2) is 0 Å². The van der Waals surface area contributed by atoms with Crippen molar-refractivity contribution < 1.29 is 19.4 Å². The molecule has 0 atom stereocenters. The highest BCUT2D eigenvalue weighted by molar-refractivity contribution is 5.93. The number of morpholine rings is 1. The van der Waals surface area contributed by atoms with Gasteiger partial charge in [0, 0.05) is 31.3 Å². The summed E-state index contributed by atoms with van der Waals surface area (Å²) in [4.78, 5) is 13.6. The van der Waals surface area contributed by atoms with Gasteiger partial charge in [-0.15, -0.1) is 0 Å². The molecular formula is C22H24N2O4. The SMILES string of the molecule is O=C(O)c1ccc2ccn(CCOc3ccc(CN4CCOCC4)cc3)c2c1. The molecule has 3 aromatic rings. The van der Waals surface area contributed by atoms with Crippen LogP contribution in [0.4, 0.5) is 0 Å². The molecule has 1 saturated heterocycles. The largest absolute Gasteiger partial charge is 0.492 e. The van der Waals surface area contributed by atoms with Crippen molar-refractivity contribution >= 4 is 16.9 Å². The first-order valence-corrected chi connectivity index (χ1v) is 9.53. The zero-order chi connectivity index (χ0) is 19.3. The lowest BCUT2D eigenvalue weighted by Crippen LogP contribution is -2.35. The Kier molecular flexibility index (Phi) is 5.60. The summed E-state index contributed by atoms with van der Waals surface area (Å²) in [5.41, 5.74) is 2.47. The van der Waals surface area contributed by atoms with E-state index in [0.717, 1.165) is 49.5 Å². The minimum Gasteiger partial charge on any atom is -0.492 e. The van der Waals surface area contributed by atoms with Crippen LogP contribution < -0.4 is 4.74 Å². The van der Waals surface area contributed by atoms with Gasteiger partial charge in [0.25, 0.3) is 0 Å². The summed E-state index contributed by atoms with van der Waals surface area (Å²) < 4.78 is 13.3. The van der Waals surface area contributed by atoms with Crippen LogP contribution in [0.1, 0.15) is 15.9 Å². The normalized spacial score (nSPS) is 15.0.